The van der Waals surface area contributed by atoms with E-state index in [-0.39, 0.29) is 24.2 Å². The van der Waals surface area contributed by atoms with Gasteiger partial charge in [0.25, 0.3) is 0 Å². The largest absolute Gasteiger partial charge is 0.490 e. The lowest BCUT2D eigenvalue weighted by Crippen LogP contribution is -2.14. The van der Waals surface area contributed by atoms with Crippen molar-refractivity contribution in [3.05, 3.63) is 47.0 Å². The molecule has 1 heterocycles. The van der Waals surface area contributed by atoms with Crippen LogP contribution >= 0.6 is 0 Å². The van der Waals surface area contributed by atoms with E-state index in [0.29, 0.717) is 42.6 Å². The molecule has 0 radical (unpaired) electrons. The number of nitrogens with zero attached hydrogens (tertiary/aromatic N) is 2. The van der Waals surface area contributed by atoms with Gasteiger partial charge >= 0.3 is 6.01 Å². The lowest BCUT2D eigenvalue weighted by atomic mass is 10.0. The topological polar surface area (TPSA) is 95.7 Å². The molecule has 0 aliphatic heterocycles. The summed E-state index contributed by atoms with van der Waals surface area (Å²) >= 11 is 0. The zero-order valence-corrected chi connectivity index (χ0v) is 19.2. The van der Waals surface area contributed by atoms with Gasteiger partial charge in [0.2, 0.25) is 17.5 Å². The van der Waals surface area contributed by atoms with Crippen molar-refractivity contribution in [2.75, 3.05) is 25.1 Å². The van der Waals surface area contributed by atoms with E-state index in [4.69, 9.17) is 18.6 Å². The van der Waals surface area contributed by atoms with E-state index < -0.39 is 0 Å². The van der Waals surface area contributed by atoms with Gasteiger partial charge in [-0.2, -0.15) is 0 Å². The summed E-state index contributed by atoms with van der Waals surface area (Å²) in [5, 5.41) is 10.7. The minimum atomic E-state index is -0.236. The van der Waals surface area contributed by atoms with Crippen LogP contribution in [0, 0.1) is 13.8 Å². The first-order chi connectivity index (χ1) is 15.4. The molecule has 3 rings (SSSR count). The zero-order valence-electron chi connectivity index (χ0n) is 19.2. The fraction of sp³-hybridized carbons (Fsp3) is 0.375. The zero-order chi connectivity index (χ0) is 23.1. The highest BCUT2D eigenvalue weighted by molar-refractivity contribution is 5.90. The van der Waals surface area contributed by atoms with Crippen LogP contribution in [-0.4, -0.2) is 35.9 Å². The van der Waals surface area contributed by atoms with Gasteiger partial charge in [-0.1, -0.05) is 23.3 Å². The molecule has 1 amide bonds. The van der Waals surface area contributed by atoms with Crippen molar-refractivity contribution in [3.8, 4) is 28.7 Å². The number of rotatable bonds is 10. The number of hydrogen-bond donors (Lipinski definition) is 1. The predicted molar refractivity (Wildman–Crippen MR) is 121 cm³/mol. The Morgan fingerprint density at radius 3 is 2.16 bits per heavy atom. The fourth-order valence-electron chi connectivity index (χ4n) is 3.16. The van der Waals surface area contributed by atoms with Gasteiger partial charge < -0.3 is 18.6 Å². The molecule has 3 aromatic rings. The summed E-state index contributed by atoms with van der Waals surface area (Å²) in [6.07, 6.45) is 0.213. The number of nitrogens with one attached hydrogen (secondary N) is 1. The van der Waals surface area contributed by atoms with Crippen LogP contribution in [0.2, 0.25) is 0 Å². The van der Waals surface area contributed by atoms with Crippen molar-refractivity contribution in [1.29, 1.82) is 0 Å². The van der Waals surface area contributed by atoms with Gasteiger partial charge in [-0.05, 0) is 63.4 Å². The first-order valence-corrected chi connectivity index (χ1v) is 10.7. The Kier molecular flexibility index (Phi) is 7.70. The number of aryl methyl sites for hydroxylation is 2. The van der Waals surface area contributed by atoms with E-state index in [9.17, 15) is 4.79 Å². The van der Waals surface area contributed by atoms with Crippen LogP contribution in [0.25, 0.3) is 11.5 Å². The minimum Gasteiger partial charge on any atom is -0.490 e. The first-order valence-electron chi connectivity index (χ1n) is 10.7. The van der Waals surface area contributed by atoms with Gasteiger partial charge in [0.1, 0.15) is 0 Å². The monoisotopic (exact) mass is 439 g/mol. The van der Waals surface area contributed by atoms with E-state index in [1.807, 2.05) is 52.8 Å². The lowest BCUT2D eigenvalue weighted by molar-refractivity contribution is -0.115. The Hall–Kier alpha value is -3.55. The third-order valence-corrected chi connectivity index (χ3v) is 4.76. The molecular formula is C24H29N3O5. The Bertz CT molecular complexity index is 1050. The number of hydrogen-bond acceptors (Lipinski definition) is 7. The van der Waals surface area contributed by atoms with Gasteiger partial charge in [0.15, 0.2) is 11.5 Å². The predicted octanol–water partition coefficient (Wildman–Crippen LogP) is 4.73. The highest BCUT2D eigenvalue weighted by Gasteiger charge is 2.19. The van der Waals surface area contributed by atoms with Crippen LogP contribution in [0.3, 0.4) is 0 Å². The quantitative estimate of drug-likeness (QED) is 0.488. The maximum absolute atomic E-state index is 12.4. The molecule has 170 valence electrons. The summed E-state index contributed by atoms with van der Waals surface area (Å²) in [5.74, 6) is 1.57. The molecule has 0 bridgehead atoms. The van der Waals surface area contributed by atoms with Gasteiger partial charge in [0, 0.05) is 5.56 Å². The summed E-state index contributed by atoms with van der Waals surface area (Å²) in [4.78, 5) is 12.4. The summed E-state index contributed by atoms with van der Waals surface area (Å²) in [6.45, 7) is 11.1. The van der Waals surface area contributed by atoms with Crippen molar-refractivity contribution in [3.63, 3.8) is 0 Å². The van der Waals surface area contributed by atoms with Crippen LogP contribution in [-0.2, 0) is 11.2 Å². The summed E-state index contributed by atoms with van der Waals surface area (Å²) < 4.78 is 22.9. The molecule has 1 aromatic heterocycles. The molecule has 0 saturated heterocycles. The van der Waals surface area contributed by atoms with Gasteiger partial charge in [-0.15, -0.1) is 5.10 Å². The summed E-state index contributed by atoms with van der Waals surface area (Å²) in [6, 6.07) is 9.47. The molecular weight excluding hydrogens is 410 g/mol. The van der Waals surface area contributed by atoms with Crippen molar-refractivity contribution in [2.45, 2.75) is 41.0 Å². The van der Waals surface area contributed by atoms with Crippen molar-refractivity contribution < 1.29 is 23.4 Å². The molecule has 1 N–H and O–H groups in total. The molecule has 0 aliphatic carbocycles. The molecule has 0 unspecified atom stereocenters. The number of carbonyl (C=O) groups excluding carboxylic acids is 1. The molecule has 0 spiro atoms. The van der Waals surface area contributed by atoms with E-state index in [1.165, 1.54) is 5.56 Å². The number of carbonyl (C=O) groups is 1. The van der Waals surface area contributed by atoms with E-state index in [0.717, 1.165) is 11.1 Å². The number of anilines is 1. The lowest BCUT2D eigenvalue weighted by Gasteiger charge is -2.16. The number of ether oxygens (including phenoxy) is 3. The van der Waals surface area contributed by atoms with Gasteiger partial charge in [0.05, 0.1) is 26.2 Å². The van der Waals surface area contributed by atoms with E-state index >= 15 is 0 Å². The van der Waals surface area contributed by atoms with Crippen LogP contribution in [0.4, 0.5) is 6.01 Å². The Balaban J connectivity index is 1.80. The maximum Gasteiger partial charge on any atom is 0.322 e. The second-order valence-electron chi connectivity index (χ2n) is 7.16. The SMILES string of the molecule is CCOc1cc(-c2nnc(NC(=O)Cc3ccc(C)c(C)c3)o2)cc(OCC)c1OCC. The van der Waals surface area contributed by atoms with Crippen LogP contribution < -0.4 is 19.5 Å². The smallest absolute Gasteiger partial charge is 0.322 e. The Morgan fingerprint density at radius 1 is 0.906 bits per heavy atom. The minimum absolute atomic E-state index is 0.0265. The molecule has 0 saturated carbocycles. The Labute approximate surface area is 187 Å². The highest BCUT2D eigenvalue weighted by Crippen LogP contribution is 2.41. The summed E-state index contributed by atoms with van der Waals surface area (Å²) in [5.41, 5.74) is 3.84. The van der Waals surface area contributed by atoms with Crippen LogP contribution in [0.5, 0.6) is 17.2 Å². The number of amides is 1. The molecule has 8 nitrogen and oxygen atoms in total. The fourth-order valence-corrected chi connectivity index (χ4v) is 3.16. The molecule has 8 heteroatoms. The highest BCUT2D eigenvalue weighted by atomic mass is 16.5. The van der Waals surface area contributed by atoms with E-state index in [1.54, 1.807) is 12.1 Å². The summed E-state index contributed by atoms with van der Waals surface area (Å²) in [7, 11) is 0. The number of aromatic nitrogens is 2. The second kappa shape index (κ2) is 10.7. The third-order valence-electron chi connectivity index (χ3n) is 4.76. The molecule has 0 aliphatic rings. The van der Waals surface area contributed by atoms with Crippen molar-refractivity contribution in [1.82, 2.24) is 10.2 Å². The standard InChI is InChI=1S/C24H29N3O5/c1-6-29-19-13-18(14-20(30-7-2)22(19)31-8-3)23-26-27-24(32-23)25-21(28)12-17-10-9-15(4)16(5)11-17/h9-11,13-14H,6-8,12H2,1-5H3,(H,25,27,28). The molecule has 0 atom stereocenters. The van der Waals surface area contributed by atoms with E-state index in [2.05, 4.69) is 15.5 Å². The first kappa shape index (κ1) is 23.1. The van der Waals surface area contributed by atoms with Crippen molar-refractivity contribution >= 4 is 11.9 Å². The average Bonchev–Trinajstić information content (AvgIpc) is 3.21. The molecule has 2 aromatic carbocycles. The average molecular weight is 440 g/mol. The second-order valence-corrected chi connectivity index (χ2v) is 7.16. The normalized spacial score (nSPS) is 10.7. The number of benzene rings is 2. The Morgan fingerprint density at radius 2 is 1.56 bits per heavy atom. The van der Waals surface area contributed by atoms with Crippen LogP contribution in [0.1, 0.15) is 37.5 Å². The van der Waals surface area contributed by atoms with Crippen molar-refractivity contribution in [2.24, 2.45) is 0 Å². The van der Waals surface area contributed by atoms with Gasteiger partial charge in [-0.3, -0.25) is 10.1 Å². The third kappa shape index (κ3) is 5.57. The molecule has 32 heavy (non-hydrogen) atoms. The van der Waals surface area contributed by atoms with Crippen LogP contribution in [0.15, 0.2) is 34.7 Å². The molecule has 0 fully saturated rings. The maximum atomic E-state index is 12.4. The van der Waals surface area contributed by atoms with Gasteiger partial charge in [-0.25, -0.2) is 0 Å².